The predicted octanol–water partition coefficient (Wildman–Crippen LogP) is 4.24. The number of aromatic nitrogens is 1. The minimum absolute atomic E-state index is 0.0198. The largest absolute Gasteiger partial charge is 0.492 e. The Morgan fingerprint density at radius 2 is 1.42 bits per heavy atom. The molecule has 1 unspecified atom stereocenters. The van der Waals surface area contributed by atoms with Gasteiger partial charge in [-0.1, -0.05) is 48.2 Å². The molecule has 4 rings (SSSR count). The molecule has 50 heavy (non-hydrogen) atoms. The Hall–Kier alpha value is -5.28. The Morgan fingerprint density at radius 1 is 0.800 bits per heavy atom. The van der Waals surface area contributed by atoms with Crippen molar-refractivity contribution >= 4 is 23.8 Å². The Labute approximate surface area is 292 Å². The minimum Gasteiger partial charge on any atom is -0.492 e. The summed E-state index contributed by atoms with van der Waals surface area (Å²) in [5, 5.41) is 24.8. The lowest BCUT2D eigenvalue weighted by Crippen LogP contribution is -2.45. The highest BCUT2D eigenvalue weighted by Gasteiger charge is 2.26. The SMILES string of the molecule is CC(C)(CCOC(C)(C)CCNC(=O)CCC(=O)On1c(O)ccc1O)NC(=O)CCC(=O)OC1Cc2ccccc2C#Cc2ccccc21. The summed E-state index contributed by atoms with van der Waals surface area (Å²) in [6, 6.07) is 17.7. The standard InChI is InChI=1S/C38H45N3O9/c1-37(2,22-24-48-38(3,4)21-23-39-31(42)15-20-36(47)50-41-33(44)17-18-34(41)45)40-32(43)16-19-35(46)49-30-25-28-11-6-5-9-26(28)13-14-27-10-7-8-12-29(27)30/h5-12,17-18,30,44-45H,15-16,19-25H2,1-4H3,(H,39,42)(H,40,43). The first-order chi connectivity index (χ1) is 23.7. The van der Waals surface area contributed by atoms with Crippen LogP contribution in [0.1, 0.15) is 94.6 Å². The summed E-state index contributed by atoms with van der Waals surface area (Å²) in [6.45, 7) is 8.20. The highest BCUT2D eigenvalue weighted by molar-refractivity contribution is 5.82. The van der Waals surface area contributed by atoms with E-state index in [1.807, 2.05) is 76.2 Å². The van der Waals surface area contributed by atoms with E-state index in [0.29, 0.717) is 37.1 Å². The second-order valence-corrected chi connectivity index (χ2v) is 13.4. The Kier molecular flexibility index (Phi) is 12.7. The number of amides is 2. The molecule has 1 heterocycles. The number of nitrogens with zero attached hydrogens (tertiary/aromatic N) is 1. The van der Waals surface area contributed by atoms with E-state index in [0.717, 1.165) is 34.4 Å². The summed E-state index contributed by atoms with van der Waals surface area (Å²) in [5.41, 5.74) is 2.36. The highest BCUT2D eigenvalue weighted by atomic mass is 16.7. The van der Waals surface area contributed by atoms with Gasteiger partial charge in [-0.15, -0.1) is 4.73 Å². The van der Waals surface area contributed by atoms with Gasteiger partial charge in [0.1, 0.15) is 6.10 Å². The van der Waals surface area contributed by atoms with Crippen molar-refractivity contribution in [3.05, 3.63) is 82.9 Å². The molecule has 12 nitrogen and oxygen atoms in total. The first-order valence-corrected chi connectivity index (χ1v) is 16.6. The van der Waals surface area contributed by atoms with E-state index in [1.165, 1.54) is 0 Å². The predicted molar refractivity (Wildman–Crippen MR) is 184 cm³/mol. The lowest BCUT2D eigenvalue weighted by molar-refractivity contribution is -0.150. The molecule has 12 heteroatoms. The number of rotatable bonds is 16. The molecule has 3 aromatic rings. The van der Waals surface area contributed by atoms with Crippen molar-refractivity contribution in [2.45, 2.75) is 89.9 Å². The fourth-order valence-corrected chi connectivity index (χ4v) is 5.30. The first kappa shape index (κ1) is 37.5. The van der Waals surface area contributed by atoms with Gasteiger partial charge >= 0.3 is 11.9 Å². The number of nitrogens with one attached hydrogen (secondary N) is 2. The maximum Gasteiger partial charge on any atom is 0.333 e. The first-order valence-electron chi connectivity index (χ1n) is 16.6. The van der Waals surface area contributed by atoms with Crippen molar-refractivity contribution in [2.24, 2.45) is 0 Å². The van der Waals surface area contributed by atoms with E-state index in [-0.39, 0.29) is 37.5 Å². The zero-order valence-corrected chi connectivity index (χ0v) is 28.9. The second-order valence-electron chi connectivity index (χ2n) is 13.4. The molecule has 2 amide bonds. The molecular formula is C38H45N3O9. The topological polar surface area (TPSA) is 165 Å². The number of fused-ring (bicyclic) bond motifs is 2. The van der Waals surface area contributed by atoms with Gasteiger partial charge in [0, 0.05) is 66.8 Å². The van der Waals surface area contributed by atoms with Gasteiger partial charge in [0.05, 0.1) is 18.4 Å². The van der Waals surface area contributed by atoms with Crippen molar-refractivity contribution in [1.29, 1.82) is 0 Å². The normalized spacial score (nSPS) is 13.7. The number of ether oxygens (including phenoxy) is 2. The average Bonchev–Trinajstić information content (AvgIpc) is 3.36. The molecule has 1 aliphatic rings. The Balaban J connectivity index is 1.14. The summed E-state index contributed by atoms with van der Waals surface area (Å²) in [6.07, 6.45) is 0.505. The van der Waals surface area contributed by atoms with Crippen LogP contribution in [0.25, 0.3) is 0 Å². The molecule has 0 aliphatic heterocycles. The van der Waals surface area contributed by atoms with Crippen molar-refractivity contribution < 1.29 is 43.7 Å². The van der Waals surface area contributed by atoms with Gasteiger partial charge in [-0.05, 0) is 58.2 Å². The van der Waals surface area contributed by atoms with E-state index in [1.54, 1.807) is 0 Å². The van der Waals surface area contributed by atoms with E-state index >= 15 is 0 Å². The van der Waals surface area contributed by atoms with Crippen molar-refractivity contribution in [1.82, 2.24) is 15.4 Å². The van der Waals surface area contributed by atoms with Crippen LogP contribution >= 0.6 is 0 Å². The number of carbonyl (C=O) groups excluding carboxylic acids is 4. The molecule has 0 saturated heterocycles. The van der Waals surface area contributed by atoms with Gasteiger partial charge in [-0.2, -0.15) is 0 Å². The fraction of sp³-hybridized carbons (Fsp3) is 0.421. The molecular weight excluding hydrogens is 642 g/mol. The zero-order chi connectivity index (χ0) is 36.3. The van der Waals surface area contributed by atoms with Crippen LogP contribution in [0.3, 0.4) is 0 Å². The fourth-order valence-electron chi connectivity index (χ4n) is 5.30. The Bertz CT molecular complexity index is 1730. The van der Waals surface area contributed by atoms with Gasteiger partial charge in [0.2, 0.25) is 23.6 Å². The Morgan fingerprint density at radius 3 is 2.16 bits per heavy atom. The summed E-state index contributed by atoms with van der Waals surface area (Å²) in [7, 11) is 0. The van der Waals surface area contributed by atoms with Gasteiger partial charge in [0.25, 0.3) is 0 Å². The molecule has 0 bridgehead atoms. The summed E-state index contributed by atoms with van der Waals surface area (Å²) >= 11 is 0. The lowest BCUT2D eigenvalue weighted by Gasteiger charge is -2.30. The number of hydrogen-bond acceptors (Lipinski definition) is 9. The molecule has 0 spiro atoms. The zero-order valence-electron chi connectivity index (χ0n) is 28.9. The van der Waals surface area contributed by atoms with Crippen LogP contribution in [0.4, 0.5) is 0 Å². The molecule has 1 aliphatic carbocycles. The smallest absolute Gasteiger partial charge is 0.333 e. The molecule has 0 saturated carbocycles. The minimum atomic E-state index is -0.793. The maximum atomic E-state index is 12.9. The van der Waals surface area contributed by atoms with Crippen molar-refractivity contribution in [3.63, 3.8) is 0 Å². The summed E-state index contributed by atoms with van der Waals surface area (Å²) in [5.74, 6) is 3.64. The van der Waals surface area contributed by atoms with E-state index in [9.17, 15) is 29.4 Å². The summed E-state index contributed by atoms with van der Waals surface area (Å²) in [4.78, 5) is 54.7. The molecule has 0 fully saturated rings. The second kappa shape index (κ2) is 16.9. The van der Waals surface area contributed by atoms with E-state index in [4.69, 9.17) is 14.3 Å². The van der Waals surface area contributed by atoms with Crippen molar-refractivity contribution in [3.8, 4) is 23.6 Å². The lowest BCUT2D eigenvalue weighted by atomic mass is 9.92. The molecule has 266 valence electrons. The quantitative estimate of drug-likeness (QED) is 0.127. The third kappa shape index (κ3) is 11.4. The van der Waals surface area contributed by atoms with Gasteiger partial charge in [-0.25, -0.2) is 4.79 Å². The summed E-state index contributed by atoms with van der Waals surface area (Å²) < 4.78 is 12.5. The van der Waals surface area contributed by atoms with Crippen LogP contribution in [0.5, 0.6) is 11.8 Å². The third-order valence-corrected chi connectivity index (χ3v) is 8.19. The van der Waals surface area contributed by atoms with Crippen LogP contribution in [0.2, 0.25) is 0 Å². The number of esters is 1. The van der Waals surface area contributed by atoms with Gasteiger partial charge < -0.3 is 35.2 Å². The third-order valence-electron chi connectivity index (χ3n) is 8.19. The molecule has 4 N–H and O–H groups in total. The van der Waals surface area contributed by atoms with Crippen LogP contribution in [0.15, 0.2) is 60.7 Å². The van der Waals surface area contributed by atoms with Crippen molar-refractivity contribution in [2.75, 3.05) is 13.2 Å². The number of aromatic hydroxyl groups is 2. The number of hydrogen-bond donors (Lipinski definition) is 4. The maximum absolute atomic E-state index is 12.9. The molecule has 0 radical (unpaired) electrons. The molecule has 1 atom stereocenters. The van der Waals surface area contributed by atoms with E-state index < -0.39 is 40.9 Å². The monoisotopic (exact) mass is 687 g/mol. The van der Waals surface area contributed by atoms with E-state index in [2.05, 4.69) is 22.5 Å². The highest BCUT2D eigenvalue weighted by Crippen LogP contribution is 2.29. The van der Waals surface area contributed by atoms with Gasteiger partial charge in [0.15, 0.2) is 0 Å². The average molecular weight is 688 g/mol. The van der Waals surface area contributed by atoms with Crippen LogP contribution in [0, 0.1) is 11.8 Å². The van der Waals surface area contributed by atoms with Gasteiger partial charge in [-0.3, -0.25) is 14.4 Å². The van der Waals surface area contributed by atoms with Crippen LogP contribution in [-0.4, -0.2) is 63.0 Å². The molecule has 1 aromatic heterocycles. The van der Waals surface area contributed by atoms with Crippen LogP contribution in [-0.2, 0) is 35.1 Å². The van der Waals surface area contributed by atoms with Crippen LogP contribution < -0.4 is 15.5 Å². The molecule has 2 aromatic carbocycles. The number of benzene rings is 2. The number of carbonyl (C=O) groups is 4.